The predicted molar refractivity (Wildman–Crippen MR) is 102 cm³/mol. The maximum atomic E-state index is 9.22. The van der Waals surface area contributed by atoms with Gasteiger partial charge in [0.2, 0.25) is 0 Å². The quantitative estimate of drug-likeness (QED) is 0.764. The minimum Gasteiger partial charge on any atom is -0.298 e. The van der Waals surface area contributed by atoms with Crippen LogP contribution in [0.5, 0.6) is 0 Å². The van der Waals surface area contributed by atoms with Crippen molar-refractivity contribution in [1.82, 2.24) is 4.90 Å². The Morgan fingerprint density at radius 3 is 2.29 bits per heavy atom. The highest BCUT2D eigenvalue weighted by molar-refractivity contribution is 5.60. The van der Waals surface area contributed by atoms with Gasteiger partial charge in [0.25, 0.3) is 0 Å². The molecule has 2 heteroatoms. The van der Waals surface area contributed by atoms with E-state index in [1.807, 2.05) is 12.1 Å². The molecule has 0 aliphatic rings. The van der Waals surface area contributed by atoms with Crippen LogP contribution in [0.1, 0.15) is 48.6 Å². The fourth-order valence-corrected chi connectivity index (χ4v) is 2.86. The number of rotatable bonds is 5. The third-order valence-corrected chi connectivity index (χ3v) is 4.23. The third-order valence-electron chi connectivity index (χ3n) is 4.23. The third kappa shape index (κ3) is 4.34. The largest absolute Gasteiger partial charge is 0.298 e. The molecule has 0 fully saturated rings. The lowest BCUT2D eigenvalue weighted by Gasteiger charge is -2.21. The van der Waals surface area contributed by atoms with Crippen LogP contribution in [-0.4, -0.2) is 11.9 Å². The first-order chi connectivity index (χ1) is 11.3. The smallest absolute Gasteiger partial charge is 0.0998 e. The molecule has 2 aromatic carbocycles. The summed E-state index contributed by atoms with van der Waals surface area (Å²) in [6, 6.07) is 16.9. The molecule has 0 atom stereocenters. The predicted octanol–water partition coefficient (Wildman–Crippen LogP) is 5.13. The molecular weight excluding hydrogens is 292 g/mol. The van der Waals surface area contributed by atoms with E-state index in [0.717, 1.165) is 24.2 Å². The number of benzene rings is 2. The van der Waals surface area contributed by atoms with E-state index in [4.69, 9.17) is 0 Å². The van der Waals surface area contributed by atoms with Crippen LogP contribution in [-0.2, 0) is 18.5 Å². The molecule has 0 aliphatic carbocycles. The summed E-state index contributed by atoms with van der Waals surface area (Å²) >= 11 is 0. The summed E-state index contributed by atoms with van der Waals surface area (Å²) in [5.74, 6) is 0. The van der Waals surface area contributed by atoms with Crippen LogP contribution in [0.2, 0.25) is 0 Å². The van der Waals surface area contributed by atoms with Gasteiger partial charge in [0.05, 0.1) is 11.6 Å². The molecule has 0 unspecified atom stereocenters. The van der Waals surface area contributed by atoms with Gasteiger partial charge in [0.1, 0.15) is 0 Å². The zero-order chi connectivity index (χ0) is 17.7. The Bertz CT molecular complexity index is 743. The van der Waals surface area contributed by atoms with Gasteiger partial charge in [0.15, 0.2) is 0 Å². The Kier molecular flexibility index (Phi) is 5.59. The summed E-state index contributed by atoms with van der Waals surface area (Å²) in [7, 11) is 2.10. The summed E-state index contributed by atoms with van der Waals surface area (Å²) in [6.45, 7) is 12.2. The number of nitriles is 1. The molecule has 0 aromatic heterocycles. The van der Waals surface area contributed by atoms with Gasteiger partial charge in [-0.25, -0.2) is 0 Å². The molecule has 2 aromatic rings. The lowest BCUT2D eigenvalue weighted by Crippen LogP contribution is -2.18. The fraction of sp³-hybridized carbons (Fsp3) is 0.318. The SMILES string of the molecule is C=Cc1c(C#N)cccc1CN(C)Cc1ccc(C(C)(C)C)cc1. The Morgan fingerprint density at radius 1 is 1.08 bits per heavy atom. The maximum absolute atomic E-state index is 9.22. The van der Waals surface area contributed by atoms with Gasteiger partial charge < -0.3 is 0 Å². The average molecular weight is 318 g/mol. The molecule has 2 nitrogen and oxygen atoms in total. The highest BCUT2D eigenvalue weighted by Crippen LogP contribution is 2.23. The molecule has 0 N–H and O–H groups in total. The first-order valence-electron chi connectivity index (χ1n) is 8.27. The van der Waals surface area contributed by atoms with Gasteiger partial charge in [0, 0.05) is 13.1 Å². The second-order valence-corrected chi connectivity index (χ2v) is 7.31. The summed E-state index contributed by atoms with van der Waals surface area (Å²) < 4.78 is 0. The second-order valence-electron chi connectivity index (χ2n) is 7.31. The zero-order valence-corrected chi connectivity index (χ0v) is 15.1. The van der Waals surface area contributed by atoms with Crippen molar-refractivity contribution in [2.24, 2.45) is 0 Å². The molecule has 0 spiro atoms. The average Bonchev–Trinajstić information content (AvgIpc) is 2.54. The topological polar surface area (TPSA) is 27.0 Å². The monoisotopic (exact) mass is 318 g/mol. The van der Waals surface area contributed by atoms with E-state index in [9.17, 15) is 5.26 Å². The number of hydrogen-bond donors (Lipinski definition) is 0. The van der Waals surface area contributed by atoms with Gasteiger partial charge in [-0.1, -0.05) is 69.8 Å². The summed E-state index contributed by atoms with van der Waals surface area (Å²) in [5, 5.41) is 9.22. The minimum atomic E-state index is 0.182. The highest BCUT2D eigenvalue weighted by atomic mass is 15.1. The first kappa shape index (κ1) is 18.0. The van der Waals surface area contributed by atoms with Crippen molar-refractivity contribution in [2.45, 2.75) is 39.3 Å². The van der Waals surface area contributed by atoms with Gasteiger partial charge >= 0.3 is 0 Å². The fourth-order valence-electron chi connectivity index (χ4n) is 2.86. The molecular formula is C22H26N2. The van der Waals surface area contributed by atoms with E-state index in [0.29, 0.717) is 5.56 Å². The van der Waals surface area contributed by atoms with Crippen LogP contribution >= 0.6 is 0 Å². The van der Waals surface area contributed by atoms with Crippen LogP contribution < -0.4 is 0 Å². The molecule has 0 saturated heterocycles. The zero-order valence-electron chi connectivity index (χ0n) is 15.1. The molecule has 2 rings (SSSR count). The molecule has 24 heavy (non-hydrogen) atoms. The molecule has 0 amide bonds. The van der Waals surface area contributed by atoms with Crippen molar-refractivity contribution in [3.8, 4) is 6.07 Å². The highest BCUT2D eigenvalue weighted by Gasteiger charge is 2.13. The van der Waals surface area contributed by atoms with Crippen molar-refractivity contribution in [3.05, 3.63) is 76.9 Å². The lowest BCUT2D eigenvalue weighted by molar-refractivity contribution is 0.319. The summed E-state index contributed by atoms with van der Waals surface area (Å²) in [4.78, 5) is 2.26. The van der Waals surface area contributed by atoms with Gasteiger partial charge in [-0.3, -0.25) is 4.90 Å². The standard InChI is InChI=1S/C22H26N2/c1-6-21-18(14-23)8-7-9-19(21)16-24(5)15-17-10-12-20(13-11-17)22(2,3)4/h6-13H,1,15-16H2,2-5H3. The number of nitrogens with zero attached hydrogens (tertiary/aromatic N) is 2. The minimum absolute atomic E-state index is 0.182. The van der Waals surface area contributed by atoms with E-state index in [-0.39, 0.29) is 5.41 Å². The second kappa shape index (κ2) is 7.47. The van der Waals surface area contributed by atoms with E-state index in [1.54, 1.807) is 6.08 Å². The van der Waals surface area contributed by atoms with Crippen molar-refractivity contribution in [3.63, 3.8) is 0 Å². The van der Waals surface area contributed by atoms with E-state index < -0.39 is 0 Å². The molecule has 0 aliphatic heterocycles. The van der Waals surface area contributed by atoms with E-state index in [1.165, 1.54) is 11.1 Å². The van der Waals surface area contributed by atoms with Crippen molar-refractivity contribution in [2.75, 3.05) is 7.05 Å². The van der Waals surface area contributed by atoms with Crippen LogP contribution in [0.15, 0.2) is 49.0 Å². The van der Waals surface area contributed by atoms with Crippen LogP contribution in [0.25, 0.3) is 6.08 Å². The summed E-state index contributed by atoms with van der Waals surface area (Å²) in [5.41, 5.74) is 5.59. The summed E-state index contributed by atoms with van der Waals surface area (Å²) in [6.07, 6.45) is 1.78. The Labute approximate surface area is 146 Å². The number of hydrogen-bond acceptors (Lipinski definition) is 2. The van der Waals surface area contributed by atoms with Crippen LogP contribution in [0.4, 0.5) is 0 Å². The van der Waals surface area contributed by atoms with E-state index in [2.05, 4.69) is 75.7 Å². The van der Waals surface area contributed by atoms with Crippen molar-refractivity contribution < 1.29 is 0 Å². The van der Waals surface area contributed by atoms with Gasteiger partial charge in [-0.15, -0.1) is 0 Å². The molecule has 0 radical (unpaired) electrons. The van der Waals surface area contributed by atoms with E-state index >= 15 is 0 Å². The van der Waals surface area contributed by atoms with Crippen molar-refractivity contribution in [1.29, 1.82) is 5.26 Å². The maximum Gasteiger partial charge on any atom is 0.0998 e. The lowest BCUT2D eigenvalue weighted by atomic mass is 9.87. The van der Waals surface area contributed by atoms with Gasteiger partial charge in [-0.05, 0) is 40.8 Å². The van der Waals surface area contributed by atoms with Gasteiger partial charge in [-0.2, -0.15) is 5.26 Å². The molecule has 0 saturated carbocycles. The Balaban J connectivity index is 2.10. The van der Waals surface area contributed by atoms with Crippen molar-refractivity contribution >= 4 is 6.08 Å². The normalized spacial score (nSPS) is 11.3. The molecule has 124 valence electrons. The molecule has 0 heterocycles. The van der Waals surface area contributed by atoms with Crippen LogP contribution in [0.3, 0.4) is 0 Å². The first-order valence-corrected chi connectivity index (χ1v) is 8.27. The molecule has 0 bridgehead atoms. The Morgan fingerprint density at radius 2 is 1.75 bits per heavy atom. The van der Waals surface area contributed by atoms with Crippen LogP contribution in [0, 0.1) is 11.3 Å². The Hall–Kier alpha value is -2.37.